The molecule has 0 unspecified atom stereocenters. The lowest BCUT2D eigenvalue weighted by molar-refractivity contribution is 1.18. The van der Waals surface area contributed by atoms with Crippen LogP contribution in [-0.2, 0) is 5.75 Å². The molecule has 0 aliphatic carbocycles. The summed E-state index contributed by atoms with van der Waals surface area (Å²) in [5.41, 5.74) is 7.75. The van der Waals surface area contributed by atoms with Crippen molar-refractivity contribution in [2.45, 2.75) is 5.75 Å². The predicted octanol–water partition coefficient (Wildman–Crippen LogP) is 3.32. The number of halogens is 1. The maximum Gasteiger partial charge on any atom is 0.223 e. The minimum Gasteiger partial charge on any atom is -0.368 e. The number of nitrogens with one attached hydrogen (secondary N) is 1. The first kappa shape index (κ1) is 13.0. The van der Waals surface area contributed by atoms with Gasteiger partial charge in [0.1, 0.15) is 11.0 Å². The average molecular weight is 281 g/mol. The smallest absolute Gasteiger partial charge is 0.223 e. The number of hydrogen-bond acceptors (Lipinski definition) is 5. The van der Waals surface area contributed by atoms with Crippen LogP contribution in [0, 0.1) is 0 Å². The highest BCUT2D eigenvalue weighted by Crippen LogP contribution is 2.19. The fourth-order valence-corrected chi connectivity index (χ4v) is 2.21. The van der Waals surface area contributed by atoms with Crippen LogP contribution in [0.3, 0.4) is 0 Å². The Morgan fingerprint density at radius 1 is 1.28 bits per heavy atom. The van der Waals surface area contributed by atoms with Gasteiger partial charge in [0.05, 0.1) is 0 Å². The van der Waals surface area contributed by atoms with Gasteiger partial charge in [0.25, 0.3) is 0 Å². The molecule has 0 bridgehead atoms. The molecule has 0 spiro atoms. The Bertz CT molecular complexity index is 510. The van der Waals surface area contributed by atoms with Gasteiger partial charge < -0.3 is 11.1 Å². The van der Waals surface area contributed by atoms with Crippen LogP contribution in [0.15, 0.2) is 30.3 Å². The zero-order valence-electron chi connectivity index (χ0n) is 9.85. The van der Waals surface area contributed by atoms with E-state index in [-0.39, 0.29) is 5.95 Å². The van der Waals surface area contributed by atoms with E-state index in [1.807, 2.05) is 12.1 Å². The maximum absolute atomic E-state index is 5.81. The van der Waals surface area contributed by atoms with E-state index in [9.17, 15) is 0 Å². The Morgan fingerprint density at radius 3 is 2.61 bits per heavy atom. The van der Waals surface area contributed by atoms with E-state index >= 15 is 0 Å². The Hall–Kier alpha value is -1.46. The quantitative estimate of drug-likeness (QED) is 0.841. The molecule has 1 heterocycles. The molecule has 0 radical (unpaired) electrons. The summed E-state index contributed by atoms with van der Waals surface area (Å²) in [4.78, 5) is 7.86. The van der Waals surface area contributed by atoms with E-state index in [0.717, 1.165) is 11.4 Å². The molecule has 6 heteroatoms. The van der Waals surface area contributed by atoms with E-state index in [1.54, 1.807) is 17.8 Å². The highest BCUT2D eigenvalue weighted by atomic mass is 35.5. The van der Waals surface area contributed by atoms with Gasteiger partial charge in [-0.05, 0) is 24.0 Å². The Morgan fingerprint density at radius 2 is 2.00 bits per heavy atom. The summed E-state index contributed by atoms with van der Waals surface area (Å²) in [6.07, 6.45) is 2.08. The van der Waals surface area contributed by atoms with Gasteiger partial charge in [0.2, 0.25) is 5.95 Å². The SMILES string of the molecule is CSCc1ccc(Nc2cc(Cl)nc(N)n2)cc1. The third-order valence-corrected chi connectivity index (χ3v) is 3.07. The molecule has 94 valence electrons. The first-order chi connectivity index (χ1) is 8.67. The zero-order valence-corrected chi connectivity index (χ0v) is 11.4. The average Bonchev–Trinajstić information content (AvgIpc) is 2.31. The number of nitrogens with two attached hydrogens (primary N) is 1. The van der Waals surface area contributed by atoms with Gasteiger partial charge in [-0.2, -0.15) is 16.7 Å². The Balaban J connectivity index is 2.13. The second kappa shape index (κ2) is 5.93. The van der Waals surface area contributed by atoms with Gasteiger partial charge in [-0.3, -0.25) is 0 Å². The van der Waals surface area contributed by atoms with Crippen molar-refractivity contribution in [2.75, 3.05) is 17.3 Å². The number of rotatable bonds is 4. The van der Waals surface area contributed by atoms with E-state index < -0.39 is 0 Å². The van der Waals surface area contributed by atoms with E-state index in [4.69, 9.17) is 17.3 Å². The van der Waals surface area contributed by atoms with E-state index in [1.165, 1.54) is 5.56 Å². The van der Waals surface area contributed by atoms with Gasteiger partial charge >= 0.3 is 0 Å². The molecule has 2 rings (SSSR count). The summed E-state index contributed by atoms with van der Waals surface area (Å²) in [6, 6.07) is 9.78. The summed E-state index contributed by atoms with van der Waals surface area (Å²) in [7, 11) is 0. The molecule has 18 heavy (non-hydrogen) atoms. The van der Waals surface area contributed by atoms with Crippen LogP contribution in [-0.4, -0.2) is 16.2 Å². The molecule has 1 aromatic carbocycles. The molecule has 0 saturated heterocycles. The van der Waals surface area contributed by atoms with Gasteiger partial charge in [-0.1, -0.05) is 23.7 Å². The molecule has 2 aromatic rings. The van der Waals surface area contributed by atoms with Crippen LogP contribution < -0.4 is 11.1 Å². The van der Waals surface area contributed by atoms with Crippen LogP contribution in [0.4, 0.5) is 17.5 Å². The lowest BCUT2D eigenvalue weighted by atomic mass is 10.2. The number of hydrogen-bond donors (Lipinski definition) is 2. The van der Waals surface area contributed by atoms with Crippen molar-refractivity contribution in [3.05, 3.63) is 41.0 Å². The summed E-state index contributed by atoms with van der Waals surface area (Å²) < 4.78 is 0. The monoisotopic (exact) mass is 280 g/mol. The van der Waals surface area contributed by atoms with Crippen LogP contribution in [0.1, 0.15) is 5.56 Å². The topological polar surface area (TPSA) is 63.8 Å². The molecule has 0 atom stereocenters. The van der Waals surface area contributed by atoms with Crippen molar-refractivity contribution in [3.63, 3.8) is 0 Å². The fourth-order valence-electron chi connectivity index (χ4n) is 1.50. The zero-order chi connectivity index (χ0) is 13.0. The minimum absolute atomic E-state index is 0.156. The van der Waals surface area contributed by atoms with Crippen molar-refractivity contribution in [3.8, 4) is 0 Å². The lowest BCUT2D eigenvalue weighted by Crippen LogP contribution is -2.00. The summed E-state index contributed by atoms with van der Waals surface area (Å²) in [5.74, 6) is 1.75. The molecule has 0 aliphatic rings. The van der Waals surface area contributed by atoms with Crippen molar-refractivity contribution < 1.29 is 0 Å². The third kappa shape index (κ3) is 3.51. The number of anilines is 3. The summed E-state index contributed by atoms with van der Waals surface area (Å²) in [5, 5.41) is 3.46. The van der Waals surface area contributed by atoms with E-state index in [2.05, 4.69) is 33.7 Å². The second-order valence-corrected chi connectivity index (χ2v) is 4.94. The standard InChI is InChI=1S/C12H13ClN4S/c1-18-7-8-2-4-9(5-3-8)15-11-6-10(13)16-12(14)17-11/h2-6H,7H2,1H3,(H3,14,15,16,17). The van der Waals surface area contributed by atoms with E-state index in [0.29, 0.717) is 11.0 Å². The normalized spacial score (nSPS) is 10.3. The van der Waals surface area contributed by atoms with Crippen molar-refractivity contribution in [1.29, 1.82) is 0 Å². The molecular formula is C12H13ClN4S. The number of nitrogens with zero attached hydrogens (tertiary/aromatic N) is 2. The number of thioether (sulfide) groups is 1. The highest BCUT2D eigenvalue weighted by molar-refractivity contribution is 7.97. The lowest BCUT2D eigenvalue weighted by Gasteiger charge is -2.07. The van der Waals surface area contributed by atoms with Crippen LogP contribution in [0.2, 0.25) is 5.15 Å². The number of aromatic nitrogens is 2. The molecule has 0 saturated carbocycles. The third-order valence-electron chi connectivity index (χ3n) is 2.25. The molecular weight excluding hydrogens is 268 g/mol. The van der Waals surface area contributed by atoms with Gasteiger partial charge in [-0.25, -0.2) is 4.98 Å². The largest absolute Gasteiger partial charge is 0.368 e. The van der Waals surface area contributed by atoms with Gasteiger partial charge in [-0.15, -0.1) is 0 Å². The molecule has 3 N–H and O–H groups in total. The fraction of sp³-hybridized carbons (Fsp3) is 0.167. The van der Waals surface area contributed by atoms with Gasteiger partial charge in [0, 0.05) is 17.5 Å². The van der Waals surface area contributed by atoms with Crippen molar-refractivity contribution >= 4 is 40.8 Å². The van der Waals surface area contributed by atoms with Crippen LogP contribution in [0.5, 0.6) is 0 Å². The molecule has 0 amide bonds. The van der Waals surface area contributed by atoms with Gasteiger partial charge in [0.15, 0.2) is 0 Å². The number of benzene rings is 1. The first-order valence-corrected chi connectivity index (χ1v) is 7.09. The molecule has 0 fully saturated rings. The maximum atomic E-state index is 5.81. The minimum atomic E-state index is 0.156. The van der Waals surface area contributed by atoms with Crippen molar-refractivity contribution in [1.82, 2.24) is 9.97 Å². The summed E-state index contributed by atoms with van der Waals surface area (Å²) >= 11 is 7.60. The highest BCUT2D eigenvalue weighted by Gasteiger charge is 2.01. The van der Waals surface area contributed by atoms with Crippen molar-refractivity contribution in [2.24, 2.45) is 0 Å². The molecule has 0 aliphatic heterocycles. The Kier molecular flexibility index (Phi) is 4.28. The van der Waals surface area contributed by atoms with Crippen LogP contribution >= 0.6 is 23.4 Å². The summed E-state index contributed by atoms with van der Waals surface area (Å²) in [6.45, 7) is 0. The Labute approximate surface area is 115 Å². The molecule has 4 nitrogen and oxygen atoms in total. The number of nitrogen functional groups attached to an aromatic ring is 1. The first-order valence-electron chi connectivity index (χ1n) is 5.32. The second-order valence-electron chi connectivity index (χ2n) is 3.69. The van der Waals surface area contributed by atoms with Crippen LogP contribution in [0.25, 0.3) is 0 Å². The predicted molar refractivity (Wildman–Crippen MR) is 78.4 cm³/mol. The molecule has 1 aromatic heterocycles.